The number of nitrogens with one attached hydrogen (secondary N) is 3. The highest BCUT2D eigenvalue weighted by Crippen LogP contribution is 2.29. The number of aromatic nitrogens is 4. The van der Waals surface area contributed by atoms with Crippen molar-refractivity contribution in [2.45, 2.75) is 6.92 Å². The molecular formula is C25H26N8O2. The van der Waals surface area contributed by atoms with Crippen molar-refractivity contribution in [2.24, 2.45) is 0 Å². The maximum atomic E-state index is 8.04. The second-order valence-corrected chi connectivity index (χ2v) is 8.13. The Balaban J connectivity index is 1.50. The minimum atomic E-state index is 0.504. The number of hydrogen-bond donors (Lipinski definition) is 3. The van der Waals surface area contributed by atoms with Crippen molar-refractivity contribution in [1.82, 2.24) is 20.1 Å². The molecule has 1 fully saturated rings. The smallest absolute Gasteiger partial charge is 0.228 e. The second-order valence-electron chi connectivity index (χ2n) is 8.13. The lowest BCUT2D eigenvalue weighted by atomic mass is 10.0. The summed E-state index contributed by atoms with van der Waals surface area (Å²) < 4.78 is 10.3. The maximum absolute atomic E-state index is 8.04. The van der Waals surface area contributed by atoms with Gasteiger partial charge in [-0.2, -0.15) is 9.97 Å². The van der Waals surface area contributed by atoms with Crippen LogP contribution >= 0.6 is 0 Å². The molecule has 4 aromatic rings. The van der Waals surface area contributed by atoms with Crippen molar-refractivity contribution in [3.63, 3.8) is 0 Å². The van der Waals surface area contributed by atoms with E-state index in [2.05, 4.69) is 25.7 Å². The minimum Gasteiger partial charge on any atom is -0.388 e. The molecule has 2 aromatic carbocycles. The molecule has 0 amide bonds. The van der Waals surface area contributed by atoms with E-state index in [1.165, 1.54) is 6.39 Å². The first kappa shape index (κ1) is 22.5. The number of ether oxygens (including phenoxy) is 1. The Labute approximate surface area is 202 Å². The summed E-state index contributed by atoms with van der Waals surface area (Å²) in [7, 11) is 1.86. The summed E-state index contributed by atoms with van der Waals surface area (Å²) >= 11 is 0. The van der Waals surface area contributed by atoms with Gasteiger partial charge in [0.15, 0.2) is 0 Å². The average molecular weight is 471 g/mol. The van der Waals surface area contributed by atoms with Crippen molar-refractivity contribution < 1.29 is 9.26 Å². The molecular weight excluding hydrogens is 444 g/mol. The second kappa shape index (κ2) is 9.90. The Kier molecular flexibility index (Phi) is 6.36. The summed E-state index contributed by atoms with van der Waals surface area (Å²) in [6, 6.07) is 15.6. The Morgan fingerprint density at radius 3 is 2.46 bits per heavy atom. The summed E-state index contributed by atoms with van der Waals surface area (Å²) in [5, 5.41) is 18.5. The van der Waals surface area contributed by atoms with Crippen molar-refractivity contribution in [1.29, 1.82) is 5.41 Å². The van der Waals surface area contributed by atoms with E-state index in [4.69, 9.17) is 24.6 Å². The van der Waals surface area contributed by atoms with E-state index in [0.717, 1.165) is 46.8 Å². The fraction of sp³-hybridized carbons (Fsp3) is 0.240. The molecule has 1 saturated heterocycles. The zero-order valence-corrected chi connectivity index (χ0v) is 19.6. The molecule has 2 aromatic heterocycles. The molecule has 0 unspecified atom stereocenters. The topological polar surface area (TPSA) is 125 Å². The predicted molar refractivity (Wildman–Crippen MR) is 136 cm³/mol. The third-order valence-electron chi connectivity index (χ3n) is 5.77. The first-order valence-electron chi connectivity index (χ1n) is 11.3. The number of benzene rings is 2. The van der Waals surface area contributed by atoms with Crippen LogP contribution in [0.15, 0.2) is 59.4 Å². The average Bonchev–Trinajstić information content (AvgIpc) is 3.44. The van der Waals surface area contributed by atoms with E-state index in [1.54, 1.807) is 6.92 Å². The molecule has 0 aliphatic carbocycles. The third-order valence-corrected chi connectivity index (χ3v) is 5.77. The van der Waals surface area contributed by atoms with Crippen LogP contribution in [-0.4, -0.2) is 59.2 Å². The van der Waals surface area contributed by atoms with E-state index in [9.17, 15) is 0 Å². The minimum absolute atomic E-state index is 0.504. The molecule has 0 radical (unpaired) electrons. The number of rotatable bonds is 7. The molecule has 10 heteroatoms. The summed E-state index contributed by atoms with van der Waals surface area (Å²) in [5.41, 5.74) is 5.71. The summed E-state index contributed by atoms with van der Waals surface area (Å²) in [6.45, 7) is 4.53. The van der Waals surface area contributed by atoms with Gasteiger partial charge < -0.3 is 30.2 Å². The number of anilines is 4. The van der Waals surface area contributed by atoms with E-state index in [-0.39, 0.29) is 0 Å². The van der Waals surface area contributed by atoms with Crippen molar-refractivity contribution in [3.8, 4) is 22.6 Å². The summed E-state index contributed by atoms with van der Waals surface area (Å²) in [4.78, 5) is 15.9. The first-order chi connectivity index (χ1) is 17.1. The van der Waals surface area contributed by atoms with Gasteiger partial charge in [-0.25, -0.2) is 4.98 Å². The van der Waals surface area contributed by atoms with Gasteiger partial charge in [-0.1, -0.05) is 17.3 Å². The Hall–Kier alpha value is -4.31. The van der Waals surface area contributed by atoms with Crippen LogP contribution in [0.2, 0.25) is 0 Å². The van der Waals surface area contributed by atoms with Gasteiger partial charge in [-0.3, -0.25) is 0 Å². The Morgan fingerprint density at radius 2 is 1.77 bits per heavy atom. The Bertz CT molecular complexity index is 1320. The molecule has 35 heavy (non-hydrogen) atoms. The van der Waals surface area contributed by atoms with E-state index >= 15 is 0 Å². The molecule has 5 rings (SSSR count). The number of hydrogen-bond acceptors (Lipinski definition) is 10. The van der Waals surface area contributed by atoms with Gasteiger partial charge in [0.05, 0.1) is 18.9 Å². The van der Waals surface area contributed by atoms with Gasteiger partial charge in [-0.15, -0.1) is 0 Å². The third kappa shape index (κ3) is 4.97. The van der Waals surface area contributed by atoms with Gasteiger partial charge in [0.25, 0.3) is 0 Å². The van der Waals surface area contributed by atoms with Crippen LogP contribution in [0, 0.1) is 5.41 Å². The molecule has 178 valence electrons. The summed E-state index contributed by atoms with van der Waals surface area (Å²) in [5.74, 6) is 1.87. The maximum Gasteiger partial charge on any atom is 0.228 e. The lowest BCUT2D eigenvalue weighted by Gasteiger charge is -2.27. The zero-order valence-electron chi connectivity index (χ0n) is 19.6. The standard InChI is InChI=1S/C25H26N8O2/c1-16(26)20-8-5-18(13-22(20)27-2)21-14-23(31-25(30-21)33-9-11-34-12-10-33)29-19-6-3-17(4-7-19)24-28-15-35-32-24/h3-8,13-15,26-27H,9-12H2,1-2H3,(H,29,30,31). The fourth-order valence-corrected chi connectivity index (χ4v) is 3.94. The molecule has 10 nitrogen and oxygen atoms in total. The van der Waals surface area contributed by atoms with Gasteiger partial charge in [-0.05, 0) is 37.3 Å². The van der Waals surface area contributed by atoms with Crippen molar-refractivity contribution in [2.75, 3.05) is 48.9 Å². The van der Waals surface area contributed by atoms with Gasteiger partial charge in [0.2, 0.25) is 18.2 Å². The molecule has 3 heterocycles. The van der Waals surface area contributed by atoms with Crippen LogP contribution in [0.4, 0.5) is 23.1 Å². The molecule has 1 aliphatic rings. The normalized spacial score (nSPS) is 13.5. The van der Waals surface area contributed by atoms with E-state index < -0.39 is 0 Å². The predicted octanol–water partition coefficient (Wildman–Crippen LogP) is 4.20. The lowest BCUT2D eigenvalue weighted by molar-refractivity contribution is 0.122. The van der Waals surface area contributed by atoms with Crippen LogP contribution in [0.1, 0.15) is 12.5 Å². The van der Waals surface area contributed by atoms with E-state index in [1.807, 2.05) is 55.6 Å². The van der Waals surface area contributed by atoms with E-state index in [0.29, 0.717) is 36.5 Å². The van der Waals surface area contributed by atoms with Crippen molar-refractivity contribution >= 4 is 28.9 Å². The molecule has 0 spiro atoms. The van der Waals surface area contributed by atoms with Gasteiger partial charge >= 0.3 is 0 Å². The van der Waals surface area contributed by atoms with Crippen LogP contribution in [0.3, 0.4) is 0 Å². The van der Waals surface area contributed by atoms with Gasteiger partial charge in [0.1, 0.15) is 5.82 Å². The molecule has 1 aliphatic heterocycles. The highest BCUT2D eigenvalue weighted by atomic mass is 16.5. The molecule has 3 N–H and O–H groups in total. The van der Waals surface area contributed by atoms with Crippen LogP contribution < -0.4 is 15.5 Å². The first-order valence-corrected chi connectivity index (χ1v) is 11.3. The SMILES string of the molecule is CNc1cc(-c2cc(Nc3ccc(-c4ncon4)cc3)nc(N3CCOCC3)n2)ccc1C(C)=N. The summed E-state index contributed by atoms with van der Waals surface area (Å²) in [6.07, 6.45) is 1.31. The zero-order chi connectivity index (χ0) is 24.2. The number of morpholine rings is 1. The quantitative estimate of drug-likeness (QED) is 0.341. The number of nitrogens with zero attached hydrogens (tertiary/aromatic N) is 5. The highest BCUT2D eigenvalue weighted by molar-refractivity contribution is 6.02. The van der Waals surface area contributed by atoms with Crippen LogP contribution in [0.5, 0.6) is 0 Å². The molecule has 0 atom stereocenters. The highest BCUT2D eigenvalue weighted by Gasteiger charge is 2.17. The molecule has 0 saturated carbocycles. The van der Waals surface area contributed by atoms with Crippen LogP contribution in [0.25, 0.3) is 22.6 Å². The van der Waals surface area contributed by atoms with Crippen molar-refractivity contribution in [3.05, 3.63) is 60.5 Å². The lowest BCUT2D eigenvalue weighted by Crippen LogP contribution is -2.37. The largest absolute Gasteiger partial charge is 0.388 e. The van der Waals surface area contributed by atoms with Crippen LogP contribution in [-0.2, 0) is 4.74 Å². The van der Waals surface area contributed by atoms with Gasteiger partial charge in [0, 0.05) is 60.0 Å². The monoisotopic (exact) mass is 470 g/mol. The molecule has 0 bridgehead atoms. The Morgan fingerprint density at radius 1 is 1.00 bits per heavy atom. The fourth-order valence-electron chi connectivity index (χ4n) is 3.94.